The summed E-state index contributed by atoms with van der Waals surface area (Å²) < 4.78 is 29.7. The van der Waals surface area contributed by atoms with Crippen molar-refractivity contribution in [2.75, 3.05) is 0 Å². The van der Waals surface area contributed by atoms with Crippen molar-refractivity contribution in [3.05, 3.63) is 39.7 Å². The molecule has 0 unspecified atom stereocenters. The van der Waals surface area contributed by atoms with E-state index in [0.29, 0.717) is 24.1 Å². The molecular weight excluding hydrogens is 350 g/mol. The lowest BCUT2D eigenvalue weighted by atomic mass is 10.1. The zero-order valence-corrected chi connectivity index (χ0v) is 12.6. The fourth-order valence-corrected chi connectivity index (χ4v) is 2.38. The number of benzene rings is 1. The molecule has 0 aliphatic heterocycles. The van der Waals surface area contributed by atoms with Gasteiger partial charge in [-0.2, -0.15) is 4.39 Å². The minimum atomic E-state index is -1.24. The molecule has 0 aliphatic rings. The molecule has 0 saturated carbocycles. The summed E-state index contributed by atoms with van der Waals surface area (Å²) in [6, 6.07) is 1.65. The van der Waals surface area contributed by atoms with Gasteiger partial charge in [-0.25, -0.2) is 4.39 Å². The molecule has 0 fully saturated rings. The summed E-state index contributed by atoms with van der Waals surface area (Å²) >= 11 is 3.22. The van der Waals surface area contributed by atoms with Gasteiger partial charge in [-0.1, -0.05) is 22.9 Å². The van der Waals surface area contributed by atoms with Crippen LogP contribution < -0.4 is 0 Å². The van der Waals surface area contributed by atoms with Crippen LogP contribution in [0.25, 0.3) is 11.4 Å². The second-order valence-corrected chi connectivity index (χ2v) is 4.80. The van der Waals surface area contributed by atoms with Crippen LogP contribution in [0.4, 0.5) is 14.5 Å². The minimum Gasteiger partial charge on any atom is -0.310 e. The molecule has 0 atom stereocenters. The average molecular weight is 361 g/mol. The third-order valence-electron chi connectivity index (χ3n) is 2.89. The normalized spacial score (nSPS) is 10.9. The molecule has 0 N–H and O–H groups in total. The number of aromatic nitrogens is 3. The molecule has 1 aromatic carbocycles. The number of nitro groups is 1. The van der Waals surface area contributed by atoms with Crippen LogP contribution in [0.5, 0.6) is 0 Å². The van der Waals surface area contributed by atoms with Gasteiger partial charge in [-0.3, -0.25) is 10.1 Å². The number of nitrogens with zero attached hydrogens (tertiary/aromatic N) is 4. The summed E-state index contributed by atoms with van der Waals surface area (Å²) in [5, 5.41) is 18.8. The highest BCUT2D eigenvalue weighted by Gasteiger charge is 2.26. The second-order valence-electron chi connectivity index (χ2n) is 4.24. The summed E-state index contributed by atoms with van der Waals surface area (Å²) in [4.78, 5) is 9.88. The molecule has 112 valence electrons. The van der Waals surface area contributed by atoms with Gasteiger partial charge < -0.3 is 4.57 Å². The van der Waals surface area contributed by atoms with E-state index in [1.807, 2.05) is 6.92 Å². The first-order chi connectivity index (χ1) is 10.0. The van der Waals surface area contributed by atoms with Crippen molar-refractivity contribution in [3.8, 4) is 11.4 Å². The number of hydrogen-bond acceptors (Lipinski definition) is 4. The Bertz CT molecular complexity index is 690. The highest BCUT2D eigenvalue weighted by Crippen LogP contribution is 2.31. The van der Waals surface area contributed by atoms with Gasteiger partial charge in [0, 0.05) is 12.6 Å². The van der Waals surface area contributed by atoms with Crippen LogP contribution in [-0.2, 0) is 11.9 Å². The fourth-order valence-electron chi connectivity index (χ4n) is 1.97. The lowest BCUT2D eigenvalue weighted by molar-refractivity contribution is -0.387. The van der Waals surface area contributed by atoms with Crippen molar-refractivity contribution in [3.63, 3.8) is 0 Å². The first-order valence-corrected chi connectivity index (χ1v) is 7.24. The van der Waals surface area contributed by atoms with E-state index in [1.165, 1.54) is 0 Å². The van der Waals surface area contributed by atoms with Crippen LogP contribution in [0.1, 0.15) is 19.2 Å². The SMILES string of the molecule is CCCn1c(CBr)nnc1-c1c(F)ccc([N+](=O)[O-])c1F. The Morgan fingerprint density at radius 3 is 2.67 bits per heavy atom. The van der Waals surface area contributed by atoms with Crippen LogP contribution >= 0.6 is 15.9 Å². The molecule has 2 rings (SSSR count). The lowest BCUT2D eigenvalue weighted by Gasteiger charge is -2.09. The van der Waals surface area contributed by atoms with E-state index in [2.05, 4.69) is 26.1 Å². The van der Waals surface area contributed by atoms with E-state index < -0.39 is 27.8 Å². The Morgan fingerprint density at radius 2 is 2.10 bits per heavy atom. The van der Waals surface area contributed by atoms with Gasteiger partial charge in [-0.05, 0) is 12.5 Å². The average Bonchev–Trinajstić information content (AvgIpc) is 2.82. The Hall–Kier alpha value is -1.90. The number of nitro benzene ring substituents is 1. The number of hydrogen-bond donors (Lipinski definition) is 0. The zero-order chi connectivity index (χ0) is 15.6. The first-order valence-electron chi connectivity index (χ1n) is 6.12. The zero-order valence-electron chi connectivity index (χ0n) is 11.0. The maximum atomic E-state index is 14.2. The highest BCUT2D eigenvalue weighted by molar-refractivity contribution is 9.08. The monoisotopic (exact) mass is 360 g/mol. The molecule has 6 nitrogen and oxygen atoms in total. The minimum absolute atomic E-state index is 0.0509. The van der Waals surface area contributed by atoms with E-state index in [1.54, 1.807) is 4.57 Å². The fraction of sp³-hybridized carbons (Fsp3) is 0.333. The van der Waals surface area contributed by atoms with Crippen LogP contribution in [0.2, 0.25) is 0 Å². The van der Waals surface area contributed by atoms with E-state index >= 15 is 0 Å². The predicted octanol–water partition coefficient (Wildman–Crippen LogP) is 3.44. The molecule has 0 amide bonds. The van der Waals surface area contributed by atoms with Gasteiger partial charge >= 0.3 is 5.69 Å². The molecule has 0 bridgehead atoms. The van der Waals surface area contributed by atoms with Crippen LogP contribution in [-0.4, -0.2) is 19.7 Å². The largest absolute Gasteiger partial charge is 0.310 e. The molecule has 0 aliphatic carbocycles. The molecule has 0 spiro atoms. The molecule has 9 heteroatoms. The Labute approximate surface area is 127 Å². The summed E-state index contributed by atoms with van der Waals surface area (Å²) in [6.07, 6.45) is 0.698. The van der Waals surface area contributed by atoms with Gasteiger partial charge in [0.25, 0.3) is 0 Å². The van der Waals surface area contributed by atoms with Gasteiger partial charge in [0.1, 0.15) is 11.6 Å². The third-order valence-corrected chi connectivity index (χ3v) is 3.39. The van der Waals surface area contributed by atoms with E-state index in [4.69, 9.17) is 0 Å². The molecule has 1 aromatic heterocycles. The van der Waals surface area contributed by atoms with Crippen molar-refractivity contribution in [2.24, 2.45) is 0 Å². The number of rotatable bonds is 5. The Morgan fingerprint density at radius 1 is 1.38 bits per heavy atom. The van der Waals surface area contributed by atoms with E-state index in [-0.39, 0.29) is 5.82 Å². The lowest BCUT2D eigenvalue weighted by Crippen LogP contribution is -2.07. The van der Waals surface area contributed by atoms with Crippen molar-refractivity contribution >= 4 is 21.6 Å². The molecule has 0 radical (unpaired) electrons. The quantitative estimate of drug-likeness (QED) is 0.465. The van der Waals surface area contributed by atoms with Gasteiger partial charge in [-0.15, -0.1) is 10.2 Å². The molecule has 0 saturated heterocycles. The smallest absolute Gasteiger partial charge is 0.305 e. The number of alkyl halides is 1. The van der Waals surface area contributed by atoms with Crippen LogP contribution in [0, 0.1) is 21.7 Å². The van der Waals surface area contributed by atoms with Crippen LogP contribution in [0.3, 0.4) is 0 Å². The van der Waals surface area contributed by atoms with Crippen molar-refractivity contribution in [1.82, 2.24) is 14.8 Å². The maximum absolute atomic E-state index is 14.2. The molecule has 2 aromatic rings. The molecule has 1 heterocycles. The van der Waals surface area contributed by atoms with E-state index in [0.717, 1.165) is 12.1 Å². The standard InChI is InChI=1S/C12H11BrF2N4O2/c1-2-5-18-9(6-13)16-17-12(18)10-7(14)3-4-8(11(10)15)19(20)21/h3-4H,2,5-6H2,1H3. The van der Waals surface area contributed by atoms with E-state index in [9.17, 15) is 18.9 Å². The van der Waals surface area contributed by atoms with Crippen molar-refractivity contribution in [2.45, 2.75) is 25.2 Å². The van der Waals surface area contributed by atoms with Crippen molar-refractivity contribution < 1.29 is 13.7 Å². The van der Waals surface area contributed by atoms with Gasteiger partial charge in [0.05, 0.1) is 15.8 Å². The Balaban J connectivity index is 2.69. The summed E-state index contributed by atoms with van der Waals surface area (Å²) in [6.45, 7) is 2.34. The van der Waals surface area contributed by atoms with Crippen molar-refractivity contribution in [1.29, 1.82) is 0 Å². The maximum Gasteiger partial charge on any atom is 0.305 e. The van der Waals surface area contributed by atoms with Gasteiger partial charge in [0.2, 0.25) is 5.82 Å². The number of halogens is 3. The molecule has 21 heavy (non-hydrogen) atoms. The highest BCUT2D eigenvalue weighted by atomic mass is 79.9. The predicted molar refractivity (Wildman–Crippen MR) is 75.0 cm³/mol. The van der Waals surface area contributed by atoms with Crippen LogP contribution in [0.15, 0.2) is 12.1 Å². The second kappa shape index (κ2) is 6.25. The summed E-state index contributed by atoms with van der Waals surface area (Å²) in [5.74, 6) is -1.71. The third kappa shape index (κ3) is 2.78. The summed E-state index contributed by atoms with van der Waals surface area (Å²) in [7, 11) is 0. The van der Waals surface area contributed by atoms with Gasteiger partial charge in [0.15, 0.2) is 5.82 Å². The first kappa shape index (κ1) is 15.5. The topological polar surface area (TPSA) is 73.8 Å². The Kier molecular flexibility index (Phi) is 4.61. The summed E-state index contributed by atoms with van der Waals surface area (Å²) in [5.41, 5.74) is -1.32. The molecular formula is C12H11BrF2N4O2.